The van der Waals surface area contributed by atoms with Gasteiger partial charge in [-0.15, -0.1) is 0 Å². The first kappa shape index (κ1) is 18.7. The van der Waals surface area contributed by atoms with Crippen LogP contribution in [0.2, 0.25) is 0 Å². The molecule has 1 aromatic rings. The second-order valence-corrected chi connectivity index (χ2v) is 5.98. The standard InChI is InChI=1S/C17H24N2O4/c1-11(2)9-15(20)19-14(10-13-7-5-4-6-8-13)16(21)18-12(3)17(22)23/h4-8,11-12,14H,9-10H2,1-3H3,(H,18,21)(H,19,20)(H,22,23)/t12-,14-/m0/s1. The number of carbonyl (C=O) groups excluding carboxylic acids is 2. The van der Waals surface area contributed by atoms with Crippen LogP contribution in [0, 0.1) is 5.92 Å². The van der Waals surface area contributed by atoms with Crippen molar-refractivity contribution in [3.05, 3.63) is 35.9 Å². The minimum atomic E-state index is -1.12. The van der Waals surface area contributed by atoms with Crippen molar-refractivity contribution in [1.82, 2.24) is 10.6 Å². The van der Waals surface area contributed by atoms with Crippen molar-refractivity contribution in [2.45, 2.75) is 45.7 Å². The van der Waals surface area contributed by atoms with Gasteiger partial charge < -0.3 is 15.7 Å². The van der Waals surface area contributed by atoms with Gasteiger partial charge in [0.25, 0.3) is 0 Å². The summed E-state index contributed by atoms with van der Waals surface area (Å²) in [6, 6.07) is 7.46. The van der Waals surface area contributed by atoms with Gasteiger partial charge in [0.1, 0.15) is 12.1 Å². The van der Waals surface area contributed by atoms with Crippen LogP contribution in [0.15, 0.2) is 30.3 Å². The first-order chi connectivity index (χ1) is 10.8. The number of carbonyl (C=O) groups is 3. The van der Waals surface area contributed by atoms with Gasteiger partial charge in [-0.2, -0.15) is 0 Å². The fraction of sp³-hybridized carbons (Fsp3) is 0.471. The van der Waals surface area contributed by atoms with Gasteiger partial charge in [-0.3, -0.25) is 14.4 Å². The number of carboxylic acids is 1. The molecule has 0 fully saturated rings. The van der Waals surface area contributed by atoms with Crippen LogP contribution in [0.1, 0.15) is 32.8 Å². The molecule has 0 heterocycles. The second-order valence-electron chi connectivity index (χ2n) is 5.98. The van der Waals surface area contributed by atoms with E-state index in [9.17, 15) is 14.4 Å². The maximum absolute atomic E-state index is 12.3. The average molecular weight is 320 g/mol. The molecule has 3 N–H and O–H groups in total. The quantitative estimate of drug-likeness (QED) is 0.674. The maximum atomic E-state index is 12.3. The third-order valence-corrected chi connectivity index (χ3v) is 3.26. The van der Waals surface area contributed by atoms with E-state index in [1.54, 1.807) is 0 Å². The van der Waals surface area contributed by atoms with Gasteiger partial charge in [0.15, 0.2) is 0 Å². The molecule has 0 saturated heterocycles. The van der Waals surface area contributed by atoms with E-state index < -0.39 is 24.0 Å². The summed E-state index contributed by atoms with van der Waals surface area (Å²) in [5, 5.41) is 14.0. The molecular weight excluding hydrogens is 296 g/mol. The van der Waals surface area contributed by atoms with E-state index >= 15 is 0 Å². The van der Waals surface area contributed by atoms with Crippen LogP contribution in [0.25, 0.3) is 0 Å². The van der Waals surface area contributed by atoms with Crippen LogP contribution < -0.4 is 10.6 Å². The normalized spacial score (nSPS) is 13.2. The highest BCUT2D eigenvalue weighted by Crippen LogP contribution is 2.06. The first-order valence-electron chi connectivity index (χ1n) is 7.66. The van der Waals surface area contributed by atoms with E-state index in [4.69, 9.17) is 5.11 Å². The van der Waals surface area contributed by atoms with Crippen molar-refractivity contribution >= 4 is 17.8 Å². The van der Waals surface area contributed by atoms with E-state index in [0.29, 0.717) is 12.8 Å². The summed E-state index contributed by atoms with van der Waals surface area (Å²) in [6.45, 7) is 5.21. The van der Waals surface area contributed by atoms with Gasteiger partial charge >= 0.3 is 5.97 Å². The molecule has 126 valence electrons. The molecule has 2 atom stereocenters. The minimum Gasteiger partial charge on any atom is -0.480 e. The molecule has 2 amide bonds. The Balaban J connectivity index is 2.80. The van der Waals surface area contributed by atoms with Crippen LogP contribution >= 0.6 is 0 Å². The molecule has 0 spiro atoms. The van der Waals surface area contributed by atoms with E-state index in [1.807, 2.05) is 44.2 Å². The van der Waals surface area contributed by atoms with Crippen LogP contribution in [-0.2, 0) is 20.8 Å². The Bertz CT molecular complexity index is 543. The Morgan fingerprint density at radius 1 is 1.04 bits per heavy atom. The topological polar surface area (TPSA) is 95.5 Å². The average Bonchev–Trinajstić information content (AvgIpc) is 2.46. The molecular formula is C17H24N2O4. The Labute approximate surface area is 136 Å². The summed E-state index contributed by atoms with van der Waals surface area (Å²) in [5.74, 6) is -1.67. The molecule has 6 heteroatoms. The van der Waals surface area contributed by atoms with Crippen LogP contribution in [0.4, 0.5) is 0 Å². The Hall–Kier alpha value is -2.37. The van der Waals surface area contributed by atoms with Crippen LogP contribution in [0.3, 0.4) is 0 Å². The molecule has 1 rings (SSSR count). The molecule has 23 heavy (non-hydrogen) atoms. The van der Waals surface area contributed by atoms with Gasteiger partial charge in [-0.1, -0.05) is 44.2 Å². The lowest BCUT2D eigenvalue weighted by Crippen LogP contribution is -2.51. The minimum absolute atomic E-state index is 0.174. The predicted molar refractivity (Wildman–Crippen MR) is 86.8 cm³/mol. The van der Waals surface area contributed by atoms with Crippen molar-refractivity contribution in [2.75, 3.05) is 0 Å². The summed E-state index contributed by atoms with van der Waals surface area (Å²) < 4.78 is 0. The van der Waals surface area contributed by atoms with Crippen molar-refractivity contribution in [2.24, 2.45) is 5.92 Å². The zero-order valence-corrected chi connectivity index (χ0v) is 13.7. The molecule has 0 aliphatic rings. The lowest BCUT2D eigenvalue weighted by Gasteiger charge is -2.20. The Kier molecular flexibility index (Phi) is 7.25. The fourth-order valence-electron chi connectivity index (χ4n) is 2.06. The Morgan fingerprint density at radius 3 is 2.17 bits per heavy atom. The van der Waals surface area contributed by atoms with E-state index in [2.05, 4.69) is 10.6 Å². The smallest absolute Gasteiger partial charge is 0.325 e. The fourth-order valence-corrected chi connectivity index (χ4v) is 2.06. The zero-order valence-electron chi connectivity index (χ0n) is 13.7. The molecule has 0 unspecified atom stereocenters. The highest BCUT2D eigenvalue weighted by molar-refractivity contribution is 5.90. The van der Waals surface area contributed by atoms with Gasteiger partial charge in [0, 0.05) is 12.8 Å². The number of hydrogen-bond donors (Lipinski definition) is 3. The number of nitrogens with one attached hydrogen (secondary N) is 2. The number of aliphatic carboxylic acids is 1. The summed E-state index contributed by atoms with van der Waals surface area (Å²) in [7, 11) is 0. The third-order valence-electron chi connectivity index (χ3n) is 3.26. The molecule has 0 bridgehead atoms. The van der Waals surface area contributed by atoms with E-state index in [-0.39, 0.29) is 11.8 Å². The molecule has 0 aromatic heterocycles. The van der Waals surface area contributed by atoms with E-state index in [0.717, 1.165) is 5.56 Å². The van der Waals surface area contributed by atoms with E-state index in [1.165, 1.54) is 6.92 Å². The summed E-state index contributed by atoms with van der Waals surface area (Å²) in [6.07, 6.45) is 0.621. The first-order valence-corrected chi connectivity index (χ1v) is 7.66. The highest BCUT2D eigenvalue weighted by Gasteiger charge is 2.24. The second kappa shape index (κ2) is 8.92. The van der Waals surface area contributed by atoms with Crippen molar-refractivity contribution in [1.29, 1.82) is 0 Å². The third kappa shape index (κ3) is 6.95. The van der Waals surface area contributed by atoms with Crippen molar-refractivity contribution in [3.8, 4) is 0 Å². The largest absolute Gasteiger partial charge is 0.480 e. The summed E-state index contributed by atoms with van der Waals surface area (Å²) >= 11 is 0. The molecule has 1 aromatic carbocycles. The van der Waals surface area contributed by atoms with Gasteiger partial charge in [0.2, 0.25) is 11.8 Å². The maximum Gasteiger partial charge on any atom is 0.325 e. The van der Waals surface area contributed by atoms with Crippen LogP contribution in [0.5, 0.6) is 0 Å². The number of amides is 2. The molecule has 0 radical (unpaired) electrons. The van der Waals surface area contributed by atoms with Gasteiger partial charge in [0.05, 0.1) is 0 Å². The van der Waals surface area contributed by atoms with Gasteiger partial charge in [-0.25, -0.2) is 0 Å². The lowest BCUT2D eigenvalue weighted by atomic mass is 10.0. The number of benzene rings is 1. The molecule has 0 aliphatic carbocycles. The zero-order chi connectivity index (χ0) is 17.4. The van der Waals surface area contributed by atoms with Crippen molar-refractivity contribution < 1.29 is 19.5 Å². The van der Waals surface area contributed by atoms with Crippen molar-refractivity contribution in [3.63, 3.8) is 0 Å². The lowest BCUT2D eigenvalue weighted by molar-refractivity contribution is -0.141. The number of rotatable bonds is 8. The summed E-state index contributed by atoms with van der Waals surface area (Å²) in [5.41, 5.74) is 0.889. The van der Waals surface area contributed by atoms with Gasteiger partial charge in [-0.05, 0) is 18.4 Å². The predicted octanol–water partition coefficient (Wildman–Crippen LogP) is 1.35. The molecule has 0 aliphatic heterocycles. The highest BCUT2D eigenvalue weighted by atomic mass is 16.4. The SMILES string of the molecule is CC(C)CC(=O)N[C@@H](Cc1ccccc1)C(=O)N[C@@H](C)C(=O)O. The molecule has 6 nitrogen and oxygen atoms in total. The molecule has 0 saturated carbocycles. The number of hydrogen-bond acceptors (Lipinski definition) is 3. The number of carboxylic acid groups (broad SMARTS) is 1. The monoisotopic (exact) mass is 320 g/mol. The summed E-state index contributed by atoms with van der Waals surface area (Å²) in [4.78, 5) is 35.1. The van der Waals surface area contributed by atoms with Crippen LogP contribution in [-0.4, -0.2) is 35.0 Å². The Morgan fingerprint density at radius 2 is 1.65 bits per heavy atom.